The molecule has 0 unspecified atom stereocenters. The standard InChI is InChI=1S/C6H6N2/c1-2-3-5-4-6(5)8-7/h2-3,7H,1H3/b3-2-,8-7?. The van der Waals surface area contributed by atoms with E-state index in [0.717, 1.165) is 5.57 Å². The summed E-state index contributed by atoms with van der Waals surface area (Å²) in [5.41, 5.74) is 11.0. The van der Waals surface area contributed by atoms with Gasteiger partial charge in [-0.1, -0.05) is 11.8 Å². The van der Waals surface area contributed by atoms with Gasteiger partial charge in [-0.3, -0.25) is 0 Å². The van der Waals surface area contributed by atoms with Crippen molar-refractivity contribution >= 4 is 0 Å². The van der Waals surface area contributed by atoms with Crippen molar-refractivity contribution in [1.82, 2.24) is 0 Å². The van der Waals surface area contributed by atoms with Gasteiger partial charge in [-0.25, -0.2) is 5.53 Å². The van der Waals surface area contributed by atoms with Crippen LogP contribution in [0.4, 0.5) is 0 Å². The topological polar surface area (TPSA) is 36.2 Å². The van der Waals surface area contributed by atoms with E-state index >= 15 is 0 Å². The van der Waals surface area contributed by atoms with Gasteiger partial charge in [0.25, 0.3) is 0 Å². The summed E-state index contributed by atoms with van der Waals surface area (Å²) in [5.74, 6) is 0. The molecular formula is C6H6N2. The van der Waals surface area contributed by atoms with Crippen molar-refractivity contribution in [2.45, 2.75) is 6.92 Å². The zero-order valence-corrected chi connectivity index (χ0v) is 4.60. The van der Waals surface area contributed by atoms with Crippen LogP contribution in [0, 0.1) is 5.53 Å². The predicted octanol–water partition coefficient (Wildman–Crippen LogP) is 2.02. The van der Waals surface area contributed by atoms with Gasteiger partial charge in [0, 0.05) is 0 Å². The van der Waals surface area contributed by atoms with E-state index in [1.165, 1.54) is 0 Å². The minimum Gasteiger partial charge on any atom is -0.204 e. The molecule has 0 heterocycles. The molecule has 0 saturated carbocycles. The van der Waals surface area contributed by atoms with Gasteiger partial charge in [0.2, 0.25) is 0 Å². The number of rotatable bonds is 2. The van der Waals surface area contributed by atoms with Crippen LogP contribution in [-0.4, -0.2) is 0 Å². The van der Waals surface area contributed by atoms with Crippen molar-refractivity contribution < 1.29 is 0 Å². The van der Waals surface area contributed by atoms with E-state index in [0.29, 0.717) is 5.70 Å². The fraction of sp³-hybridized carbons (Fsp3) is 0.167. The highest BCUT2D eigenvalue weighted by Gasteiger charge is 2.08. The molecule has 0 saturated heterocycles. The van der Waals surface area contributed by atoms with E-state index in [-0.39, 0.29) is 0 Å². The second-order valence-corrected chi connectivity index (χ2v) is 1.50. The Balaban J connectivity index is 2.42. The van der Waals surface area contributed by atoms with E-state index in [4.69, 9.17) is 5.53 Å². The minimum atomic E-state index is 0.683. The highest BCUT2D eigenvalue weighted by molar-refractivity contribution is 5.50. The van der Waals surface area contributed by atoms with Crippen molar-refractivity contribution in [1.29, 1.82) is 5.53 Å². The predicted molar refractivity (Wildman–Crippen MR) is 30.5 cm³/mol. The van der Waals surface area contributed by atoms with Gasteiger partial charge < -0.3 is 0 Å². The lowest BCUT2D eigenvalue weighted by atomic mass is 10.4. The van der Waals surface area contributed by atoms with Gasteiger partial charge in [0.1, 0.15) is 5.70 Å². The van der Waals surface area contributed by atoms with Gasteiger partial charge in [-0.05, 0) is 13.0 Å². The van der Waals surface area contributed by atoms with Crippen LogP contribution >= 0.6 is 0 Å². The Bertz CT molecular complexity index is 205. The monoisotopic (exact) mass is 106 g/mol. The van der Waals surface area contributed by atoms with Crippen LogP contribution in [0.25, 0.3) is 0 Å². The van der Waals surface area contributed by atoms with Crippen molar-refractivity contribution in [3.8, 4) is 0 Å². The third kappa shape index (κ3) is 0.745. The summed E-state index contributed by atoms with van der Waals surface area (Å²) in [6.45, 7) is 1.93. The highest BCUT2D eigenvalue weighted by atomic mass is 15.0. The zero-order chi connectivity index (χ0) is 5.98. The average Bonchev–Trinajstić information content (AvgIpc) is 2.48. The maximum Gasteiger partial charge on any atom is 0.143 e. The maximum absolute atomic E-state index is 6.50. The molecule has 0 fully saturated rings. The van der Waals surface area contributed by atoms with Crippen molar-refractivity contribution in [3.63, 3.8) is 0 Å². The Hall–Kier alpha value is -1.14. The summed E-state index contributed by atoms with van der Waals surface area (Å²) in [4.78, 5) is 0. The first kappa shape index (κ1) is 5.01. The third-order valence-electron chi connectivity index (χ3n) is 0.891. The summed E-state index contributed by atoms with van der Waals surface area (Å²) in [5, 5.41) is 3.17. The lowest BCUT2D eigenvalue weighted by molar-refractivity contribution is 1.11. The lowest BCUT2D eigenvalue weighted by Crippen LogP contribution is -1.57. The number of hydrogen-bond donors (Lipinski definition) is 1. The van der Waals surface area contributed by atoms with Crippen LogP contribution in [-0.2, 0) is 0 Å². The van der Waals surface area contributed by atoms with Gasteiger partial charge in [0.05, 0.1) is 5.57 Å². The quantitative estimate of drug-likeness (QED) is 0.413. The second-order valence-electron chi connectivity index (χ2n) is 1.50. The molecule has 2 heteroatoms. The van der Waals surface area contributed by atoms with E-state index in [2.05, 4.69) is 10.8 Å². The molecule has 2 nitrogen and oxygen atoms in total. The normalized spacial score (nSPS) is 15.6. The van der Waals surface area contributed by atoms with E-state index in [1.54, 1.807) is 0 Å². The fourth-order valence-electron chi connectivity index (χ4n) is 0.472. The third-order valence-corrected chi connectivity index (χ3v) is 0.891. The molecule has 0 atom stereocenters. The van der Waals surface area contributed by atoms with Crippen LogP contribution in [0.5, 0.6) is 0 Å². The van der Waals surface area contributed by atoms with Crippen LogP contribution in [0.2, 0.25) is 0 Å². The summed E-state index contributed by atoms with van der Waals surface area (Å²) in [6, 6.07) is 0. The molecule has 0 aromatic rings. The largest absolute Gasteiger partial charge is 0.204 e. The van der Waals surface area contributed by atoms with Gasteiger partial charge in [-0.2, -0.15) is 0 Å². The summed E-state index contributed by atoms with van der Waals surface area (Å²) < 4.78 is 0. The van der Waals surface area contributed by atoms with E-state index in [9.17, 15) is 0 Å². The summed E-state index contributed by atoms with van der Waals surface area (Å²) in [6.07, 6.45) is 3.79. The van der Waals surface area contributed by atoms with E-state index in [1.807, 2.05) is 19.1 Å². The summed E-state index contributed by atoms with van der Waals surface area (Å²) >= 11 is 0. The van der Waals surface area contributed by atoms with Crippen molar-refractivity contribution in [3.05, 3.63) is 29.2 Å². The minimum absolute atomic E-state index is 0.683. The number of hydrogen-bond acceptors (Lipinski definition) is 2. The molecule has 1 aliphatic carbocycles. The smallest absolute Gasteiger partial charge is 0.143 e. The zero-order valence-electron chi connectivity index (χ0n) is 4.60. The first-order valence-corrected chi connectivity index (χ1v) is 2.40. The first-order valence-electron chi connectivity index (χ1n) is 2.40. The Morgan fingerprint density at radius 2 is 2.50 bits per heavy atom. The number of nitrogens with one attached hydrogen (secondary N) is 1. The molecule has 1 N–H and O–H groups in total. The molecule has 0 aliphatic heterocycles. The molecule has 0 aromatic heterocycles. The molecule has 0 aromatic carbocycles. The second kappa shape index (κ2) is 1.76. The Morgan fingerprint density at radius 1 is 1.75 bits per heavy atom. The Labute approximate surface area is 47.7 Å². The van der Waals surface area contributed by atoms with Crippen molar-refractivity contribution in [2.75, 3.05) is 0 Å². The number of allylic oxidation sites excluding steroid dienone is 1. The molecular weight excluding hydrogens is 100 g/mol. The molecule has 0 spiro atoms. The maximum atomic E-state index is 6.50. The number of nitrogens with zero attached hydrogens (tertiary/aromatic N) is 1. The molecule has 40 valence electrons. The first-order chi connectivity index (χ1) is 3.88. The molecule has 1 aliphatic rings. The van der Waals surface area contributed by atoms with Crippen LogP contribution in [0.15, 0.2) is 34.3 Å². The van der Waals surface area contributed by atoms with Gasteiger partial charge in [0.15, 0.2) is 0 Å². The van der Waals surface area contributed by atoms with Gasteiger partial charge >= 0.3 is 0 Å². The van der Waals surface area contributed by atoms with Crippen LogP contribution in [0.1, 0.15) is 6.92 Å². The van der Waals surface area contributed by atoms with Gasteiger partial charge in [-0.15, -0.1) is 5.11 Å². The van der Waals surface area contributed by atoms with Crippen LogP contribution < -0.4 is 0 Å². The molecule has 8 heavy (non-hydrogen) atoms. The Morgan fingerprint density at radius 3 is 2.88 bits per heavy atom. The molecule has 0 radical (unpaired) electrons. The summed E-state index contributed by atoms with van der Waals surface area (Å²) in [7, 11) is 0. The fourth-order valence-corrected chi connectivity index (χ4v) is 0.472. The highest BCUT2D eigenvalue weighted by Crippen LogP contribution is 2.21. The van der Waals surface area contributed by atoms with Crippen molar-refractivity contribution in [2.24, 2.45) is 5.11 Å². The SMILES string of the molecule is C/C=C\C1=C=C1N=N. The molecule has 0 bridgehead atoms. The van der Waals surface area contributed by atoms with Crippen LogP contribution in [0.3, 0.4) is 0 Å². The Kier molecular flexibility index (Phi) is 1.10. The average molecular weight is 106 g/mol. The van der Waals surface area contributed by atoms with E-state index < -0.39 is 0 Å². The lowest BCUT2D eigenvalue weighted by Gasteiger charge is -1.72. The molecule has 0 amide bonds. The molecule has 1 rings (SSSR count).